The van der Waals surface area contributed by atoms with Crippen LogP contribution in [0.5, 0.6) is 5.75 Å². The fraction of sp³-hybridized carbons (Fsp3) is 0.143. The number of carbonyl (C=O) groups excluding carboxylic acids is 1. The van der Waals surface area contributed by atoms with Gasteiger partial charge in [0.2, 0.25) is 0 Å². The summed E-state index contributed by atoms with van der Waals surface area (Å²) in [6, 6.07) is 16.7. The van der Waals surface area contributed by atoms with Gasteiger partial charge in [-0.1, -0.05) is 29.4 Å². The van der Waals surface area contributed by atoms with Gasteiger partial charge in [0.25, 0.3) is 0 Å². The normalized spacial score (nSPS) is 11.1. The van der Waals surface area contributed by atoms with E-state index < -0.39 is 5.97 Å². The van der Waals surface area contributed by atoms with Gasteiger partial charge in [0.1, 0.15) is 17.0 Å². The number of benzene rings is 2. The van der Waals surface area contributed by atoms with Crippen LogP contribution in [-0.4, -0.2) is 32.5 Å². The lowest BCUT2D eigenvalue weighted by atomic mass is 9.98. The summed E-state index contributed by atoms with van der Waals surface area (Å²) in [4.78, 5) is 12.1. The van der Waals surface area contributed by atoms with Gasteiger partial charge in [-0.3, -0.25) is 0 Å². The summed E-state index contributed by atoms with van der Waals surface area (Å²) in [6.07, 6.45) is 1.36. The Bertz CT molecular complexity index is 957. The first-order chi connectivity index (χ1) is 13.2. The third kappa shape index (κ3) is 3.84. The molecular weight excluding hydrogens is 346 g/mol. The van der Waals surface area contributed by atoms with E-state index in [0.29, 0.717) is 22.6 Å². The Morgan fingerprint density at radius 3 is 2.44 bits per heavy atom. The molecule has 138 valence electrons. The summed E-state index contributed by atoms with van der Waals surface area (Å²) in [5, 5.41) is 4.17. The summed E-state index contributed by atoms with van der Waals surface area (Å²) in [7, 11) is 4.42. The molecule has 0 fully saturated rings. The molecule has 0 atom stereocenters. The summed E-state index contributed by atoms with van der Waals surface area (Å²) in [5.74, 6) is 0.872. The monoisotopic (exact) mass is 365 g/mol. The molecule has 0 amide bonds. The molecule has 6 nitrogen and oxygen atoms in total. The van der Waals surface area contributed by atoms with E-state index in [1.54, 1.807) is 13.2 Å². The van der Waals surface area contributed by atoms with Crippen molar-refractivity contribution in [2.24, 2.45) is 0 Å². The van der Waals surface area contributed by atoms with Crippen molar-refractivity contribution in [1.82, 2.24) is 5.16 Å². The second kappa shape index (κ2) is 8.23. The van der Waals surface area contributed by atoms with Crippen molar-refractivity contribution in [2.45, 2.75) is 0 Å². The van der Waals surface area contributed by atoms with E-state index in [4.69, 9.17) is 18.7 Å². The Balaban J connectivity index is 2.02. The molecule has 0 aliphatic carbocycles. The van der Waals surface area contributed by atoms with Crippen molar-refractivity contribution in [3.8, 4) is 28.3 Å². The fourth-order valence-electron chi connectivity index (χ4n) is 2.68. The average Bonchev–Trinajstić information content (AvgIpc) is 3.21. The smallest absolute Gasteiger partial charge is 0.341 e. The molecule has 3 rings (SSSR count). The molecule has 0 radical (unpaired) electrons. The van der Waals surface area contributed by atoms with E-state index in [-0.39, 0.29) is 0 Å². The van der Waals surface area contributed by atoms with Crippen LogP contribution >= 0.6 is 0 Å². The first kappa shape index (κ1) is 18.3. The van der Waals surface area contributed by atoms with Crippen LogP contribution in [0.25, 0.3) is 28.2 Å². The lowest BCUT2D eigenvalue weighted by Crippen LogP contribution is -2.05. The highest BCUT2D eigenvalue weighted by Crippen LogP contribution is 2.32. The van der Waals surface area contributed by atoms with Gasteiger partial charge in [-0.25, -0.2) is 4.79 Å². The number of carbonyl (C=O) groups is 1. The molecule has 2 aromatic carbocycles. The highest BCUT2D eigenvalue weighted by Gasteiger charge is 2.19. The Morgan fingerprint density at radius 1 is 1.04 bits per heavy atom. The quantitative estimate of drug-likeness (QED) is 0.371. The van der Waals surface area contributed by atoms with E-state index in [0.717, 1.165) is 16.9 Å². The number of hydrogen-bond donors (Lipinski definition) is 0. The van der Waals surface area contributed by atoms with Crippen LogP contribution in [0.4, 0.5) is 0 Å². The van der Waals surface area contributed by atoms with Crippen molar-refractivity contribution < 1.29 is 23.5 Å². The zero-order chi connectivity index (χ0) is 19.2. The lowest BCUT2D eigenvalue weighted by Gasteiger charge is -2.09. The molecule has 0 bridgehead atoms. The van der Waals surface area contributed by atoms with Crippen LogP contribution in [0.2, 0.25) is 0 Å². The number of esters is 1. The van der Waals surface area contributed by atoms with Gasteiger partial charge in [-0.05, 0) is 24.3 Å². The van der Waals surface area contributed by atoms with E-state index in [1.807, 2.05) is 48.5 Å². The van der Waals surface area contributed by atoms with Crippen LogP contribution in [0.3, 0.4) is 0 Å². The largest absolute Gasteiger partial charge is 0.503 e. The molecule has 0 aliphatic rings. The Morgan fingerprint density at radius 2 is 1.78 bits per heavy atom. The van der Waals surface area contributed by atoms with Gasteiger partial charge >= 0.3 is 5.97 Å². The SMILES string of the molecule is CO/C=C(/C(=O)OC)c1ccccc1-c1cc(-c2ccc(OC)cc2)on1. The van der Waals surface area contributed by atoms with Gasteiger partial charge < -0.3 is 18.7 Å². The maximum absolute atomic E-state index is 12.1. The fourth-order valence-corrected chi connectivity index (χ4v) is 2.68. The third-order valence-corrected chi connectivity index (χ3v) is 4.02. The molecule has 0 spiro atoms. The molecular formula is C21H19NO5. The van der Waals surface area contributed by atoms with Gasteiger partial charge in [-0.2, -0.15) is 0 Å². The highest BCUT2D eigenvalue weighted by molar-refractivity contribution is 6.17. The minimum atomic E-state index is -0.497. The van der Waals surface area contributed by atoms with Crippen molar-refractivity contribution in [3.05, 3.63) is 66.4 Å². The summed E-state index contributed by atoms with van der Waals surface area (Å²) in [6.45, 7) is 0. The van der Waals surface area contributed by atoms with Gasteiger partial charge in [0, 0.05) is 22.8 Å². The molecule has 0 aliphatic heterocycles. The number of ether oxygens (including phenoxy) is 3. The molecule has 0 saturated carbocycles. The maximum Gasteiger partial charge on any atom is 0.341 e. The molecule has 1 aromatic heterocycles. The van der Waals surface area contributed by atoms with Crippen LogP contribution in [0, 0.1) is 0 Å². The number of nitrogens with zero attached hydrogens (tertiary/aromatic N) is 1. The topological polar surface area (TPSA) is 70.8 Å². The number of rotatable bonds is 6. The molecule has 0 unspecified atom stereocenters. The molecule has 3 aromatic rings. The third-order valence-electron chi connectivity index (χ3n) is 4.02. The minimum Gasteiger partial charge on any atom is -0.503 e. The first-order valence-corrected chi connectivity index (χ1v) is 8.20. The summed E-state index contributed by atoms with van der Waals surface area (Å²) < 4.78 is 20.6. The Labute approximate surface area is 157 Å². The molecule has 0 saturated heterocycles. The predicted molar refractivity (Wildman–Crippen MR) is 101 cm³/mol. The number of methoxy groups -OCH3 is 3. The van der Waals surface area contributed by atoms with E-state index in [9.17, 15) is 4.79 Å². The van der Waals surface area contributed by atoms with Crippen LogP contribution < -0.4 is 4.74 Å². The van der Waals surface area contributed by atoms with Gasteiger partial charge in [-0.15, -0.1) is 0 Å². The minimum absolute atomic E-state index is 0.296. The Kier molecular flexibility index (Phi) is 5.56. The van der Waals surface area contributed by atoms with Crippen molar-refractivity contribution in [2.75, 3.05) is 21.3 Å². The average molecular weight is 365 g/mol. The highest BCUT2D eigenvalue weighted by atomic mass is 16.5. The number of hydrogen-bond acceptors (Lipinski definition) is 6. The van der Waals surface area contributed by atoms with Crippen molar-refractivity contribution in [1.29, 1.82) is 0 Å². The maximum atomic E-state index is 12.1. The molecule has 6 heteroatoms. The lowest BCUT2D eigenvalue weighted by molar-refractivity contribution is -0.133. The van der Waals surface area contributed by atoms with Crippen LogP contribution in [-0.2, 0) is 14.3 Å². The van der Waals surface area contributed by atoms with Gasteiger partial charge in [0.15, 0.2) is 5.76 Å². The summed E-state index contributed by atoms with van der Waals surface area (Å²) in [5.41, 5.74) is 3.13. The Hall–Kier alpha value is -3.54. The molecule has 0 N–H and O–H groups in total. The second-order valence-electron chi connectivity index (χ2n) is 5.61. The zero-order valence-corrected chi connectivity index (χ0v) is 15.3. The standard InChI is InChI=1S/C21H19NO5/c1-24-13-18(21(23)26-3)16-6-4-5-7-17(16)19-12-20(27-22-19)14-8-10-15(25-2)11-9-14/h4-13H,1-3H3/b18-13+. The van der Waals surface area contributed by atoms with E-state index in [1.165, 1.54) is 20.5 Å². The van der Waals surface area contributed by atoms with Crippen molar-refractivity contribution in [3.63, 3.8) is 0 Å². The van der Waals surface area contributed by atoms with Crippen LogP contribution in [0.15, 0.2) is 65.4 Å². The molecule has 27 heavy (non-hydrogen) atoms. The molecule has 1 heterocycles. The van der Waals surface area contributed by atoms with E-state index >= 15 is 0 Å². The second-order valence-corrected chi connectivity index (χ2v) is 5.61. The number of aromatic nitrogens is 1. The van der Waals surface area contributed by atoms with Gasteiger partial charge in [0.05, 0.1) is 27.6 Å². The van der Waals surface area contributed by atoms with Crippen LogP contribution in [0.1, 0.15) is 5.56 Å². The van der Waals surface area contributed by atoms with E-state index in [2.05, 4.69) is 5.16 Å². The van der Waals surface area contributed by atoms with Crippen molar-refractivity contribution >= 4 is 11.5 Å². The predicted octanol–water partition coefficient (Wildman–Crippen LogP) is 4.18. The summed E-state index contributed by atoms with van der Waals surface area (Å²) >= 11 is 0. The zero-order valence-electron chi connectivity index (χ0n) is 15.3. The first-order valence-electron chi connectivity index (χ1n) is 8.20.